The first-order valence-electron chi connectivity index (χ1n) is 8.86. The first-order chi connectivity index (χ1) is 13.5. The van der Waals surface area contributed by atoms with Crippen molar-refractivity contribution < 1.29 is 18.0 Å². The molecule has 3 rings (SSSR count). The number of pyridine rings is 1. The summed E-state index contributed by atoms with van der Waals surface area (Å²) >= 11 is 0. The normalized spacial score (nSPS) is 11.4. The largest absolute Gasteiger partial charge is 0.417 e. The molecule has 0 fully saturated rings. The van der Waals surface area contributed by atoms with E-state index in [2.05, 4.69) is 10.3 Å². The zero-order chi connectivity index (χ0) is 20.0. The van der Waals surface area contributed by atoms with Gasteiger partial charge < -0.3 is 5.32 Å². The van der Waals surface area contributed by atoms with Crippen LogP contribution in [0.3, 0.4) is 0 Å². The molecule has 0 aliphatic heterocycles. The molecular weight excluding hydrogens is 365 g/mol. The molecule has 28 heavy (non-hydrogen) atoms. The summed E-state index contributed by atoms with van der Waals surface area (Å²) in [5, 5.41) is 2.60. The number of carbonyl (C=O) groups excluding carboxylic acids is 1. The van der Waals surface area contributed by atoms with Crippen LogP contribution >= 0.6 is 0 Å². The topological polar surface area (TPSA) is 42.0 Å². The van der Waals surface area contributed by atoms with Gasteiger partial charge in [-0.05, 0) is 23.6 Å². The summed E-state index contributed by atoms with van der Waals surface area (Å²) in [6, 6.07) is 20.4. The molecule has 0 atom stereocenters. The quantitative estimate of drug-likeness (QED) is 0.646. The van der Waals surface area contributed by atoms with Crippen LogP contribution in [0.5, 0.6) is 0 Å². The smallest absolute Gasteiger partial charge is 0.352 e. The van der Waals surface area contributed by atoms with E-state index in [1.165, 1.54) is 0 Å². The van der Waals surface area contributed by atoms with Crippen molar-refractivity contribution in [1.29, 1.82) is 0 Å². The number of nitrogens with zero attached hydrogens (tertiary/aromatic N) is 1. The maximum absolute atomic E-state index is 13.1. The zero-order valence-corrected chi connectivity index (χ0v) is 15.0. The van der Waals surface area contributed by atoms with Crippen LogP contribution in [0.4, 0.5) is 13.2 Å². The number of hydrogen-bond donors (Lipinski definition) is 1. The van der Waals surface area contributed by atoms with Crippen LogP contribution in [-0.2, 0) is 6.18 Å². The van der Waals surface area contributed by atoms with Crippen LogP contribution in [0.2, 0.25) is 0 Å². The van der Waals surface area contributed by atoms with Crippen LogP contribution < -0.4 is 5.32 Å². The highest BCUT2D eigenvalue weighted by Gasteiger charge is 2.35. The van der Waals surface area contributed by atoms with Gasteiger partial charge in [-0.2, -0.15) is 13.2 Å². The molecule has 3 nitrogen and oxygen atoms in total. The van der Waals surface area contributed by atoms with Gasteiger partial charge in [-0.15, -0.1) is 0 Å². The van der Waals surface area contributed by atoms with Gasteiger partial charge in [0.25, 0.3) is 5.91 Å². The van der Waals surface area contributed by atoms with Crippen LogP contribution in [0.1, 0.15) is 39.4 Å². The van der Waals surface area contributed by atoms with E-state index >= 15 is 0 Å². The third kappa shape index (κ3) is 4.76. The first kappa shape index (κ1) is 19.6. The Morgan fingerprint density at radius 3 is 2.04 bits per heavy atom. The lowest BCUT2D eigenvalue weighted by molar-refractivity contribution is -0.138. The predicted molar refractivity (Wildman–Crippen MR) is 101 cm³/mol. The van der Waals surface area contributed by atoms with Crippen molar-refractivity contribution in [3.05, 3.63) is 101 Å². The van der Waals surface area contributed by atoms with Gasteiger partial charge in [-0.25, -0.2) is 0 Å². The fourth-order valence-corrected chi connectivity index (χ4v) is 3.14. The SMILES string of the molecule is O=C(NCCC(c1ccccc1)c1ccccc1)c1cnccc1C(F)(F)F. The molecule has 144 valence electrons. The summed E-state index contributed by atoms with van der Waals surface area (Å²) in [6.07, 6.45) is -2.07. The fraction of sp³-hybridized carbons (Fsp3) is 0.182. The Kier molecular flexibility index (Phi) is 6.09. The number of alkyl halides is 3. The minimum absolute atomic E-state index is 0.0266. The highest BCUT2D eigenvalue weighted by molar-refractivity contribution is 5.95. The molecular formula is C22H19F3N2O. The third-order valence-corrected chi connectivity index (χ3v) is 4.49. The maximum atomic E-state index is 13.1. The van der Waals surface area contributed by atoms with E-state index in [4.69, 9.17) is 0 Å². The summed E-state index contributed by atoms with van der Waals surface area (Å²) in [7, 11) is 0. The number of amides is 1. The van der Waals surface area contributed by atoms with E-state index in [1.807, 2.05) is 60.7 Å². The van der Waals surface area contributed by atoms with Gasteiger partial charge in [0.1, 0.15) is 0 Å². The molecule has 0 saturated carbocycles. The molecule has 0 aliphatic carbocycles. The minimum atomic E-state index is -4.60. The first-order valence-corrected chi connectivity index (χ1v) is 8.86. The van der Waals surface area contributed by atoms with Crippen molar-refractivity contribution in [2.24, 2.45) is 0 Å². The van der Waals surface area contributed by atoms with E-state index < -0.39 is 23.2 Å². The highest BCUT2D eigenvalue weighted by Crippen LogP contribution is 2.31. The number of halogens is 3. The average molecular weight is 384 g/mol. The van der Waals surface area contributed by atoms with Gasteiger partial charge in [0.05, 0.1) is 11.1 Å². The molecule has 2 aromatic carbocycles. The van der Waals surface area contributed by atoms with Crippen molar-refractivity contribution in [3.63, 3.8) is 0 Å². The number of nitrogens with one attached hydrogen (secondary N) is 1. The summed E-state index contributed by atoms with van der Waals surface area (Å²) in [6.45, 7) is 0.236. The summed E-state index contributed by atoms with van der Waals surface area (Å²) < 4.78 is 39.3. The maximum Gasteiger partial charge on any atom is 0.417 e. The molecule has 1 N–H and O–H groups in total. The van der Waals surface area contributed by atoms with E-state index in [0.29, 0.717) is 6.42 Å². The van der Waals surface area contributed by atoms with Crippen molar-refractivity contribution in [3.8, 4) is 0 Å². The molecule has 1 heterocycles. The minimum Gasteiger partial charge on any atom is -0.352 e. The Labute approximate surface area is 161 Å². The lowest BCUT2D eigenvalue weighted by atomic mass is 9.88. The Balaban J connectivity index is 1.73. The molecule has 0 saturated heterocycles. The lowest BCUT2D eigenvalue weighted by Crippen LogP contribution is -2.28. The van der Waals surface area contributed by atoms with Gasteiger partial charge in [-0.1, -0.05) is 60.7 Å². The second-order valence-corrected chi connectivity index (χ2v) is 6.34. The summed E-state index contributed by atoms with van der Waals surface area (Å²) in [5.74, 6) is -0.751. The van der Waals surface area contributed by atoms with Crippen LogP contribution in [-0.4, -0.2) is 17.4 Å². The molecule has 0 spiro atoms. The molecule has 6 heteroatoms. The van der Waals surface area contributed by atoms with Crippen LogP contribution in [0, 0.1) is 0 Å². The molecule has 3 aromatic rings. The monoisotopic (exact) mass is 384 g/mol. The van der Waals surface area contributed by atoms with E-state index in [-0.39, 0.29) is 12.5 Å². The van der Waals surface area contributed by atoms with Gasteiger partial charge in [0.2, 0.25) is 0 Å². The molecule has 0 radical (unpaired) electrons. The summed E-state index contributed by atoms with van der Waals surface area (Å²) in [4.78, 5) is 16.0. The number of aromatic nitrogens is 1. The van der Waals surface area contributed by atoms with Crippen molar-refractivity contribution in [2.45, 2.75) is 18.5 Å². The van der Waals surface area contributed by atoms with Gasteiger partial charge in [0, 0.05) is 24.9 Å². The molecule has 0 unspecified atom stereocenters. The number of hydrogen-bond acceptors (Lipinski definition) is 2. The number of rotatable bonds is 6. The summed E-state index contributed by atoms with van der Waals surface area (Å²) in [5.41, 5.74) is 0.717. The standard InChI is InChI=1S/C22H19F3N2O/c23-22(24,25)20-12-13-26-15-19(20)21(28)27-14-11-18(16-7-3-1-4-8-16)17-9-5-2-6-10-17/h1-10,12-13,15,18H,11,14H2,(H,27,28). The highest BCUT2D eigenvalue weighted by atomic mass is 19.4. The van der Waals surface area contributed by atoms with Gasteiger partial charge in [0.15, 0.2) is 0 Å². The molecule has 0 bridgehead atoms. The van der Waals surface area contributed by atoms with Crippen molar-refractivity contribution in [1.82, 2.24) is 10.3 Å². The van der Waals surface area contributed by atoms with E-state index in [1.54, 1.807) is 0 Å². The van der Waals surface area contributed by atoms with Crippen LogP contribution in [0.15, 0.2) is 79.1 Å². The Morgan fingerprint density at radius 2 is 1.50 bits per heavy atom. The fourth-order valence-electron chi connectivity index (χ4n) is 3.14. The Bertz CT molecular complexity index is 872. The molecule has 1 amide bonds. The Morgan fingerprint density at radius 1 is 0.929 bits per heavy atom. The molecule has 0 aliphatic rings. The second kappa shape index (κ2) is 8.69. The number of carbonyl (C=O) groups is 1. The lowest BCUT2D eigenvalue weighted by Gasteiger charge is -2.19. The van der Waals surface area contributed by atoms with E-state index in [0.717, 1.165) is 29.6 Å². The van der Waals surface area contributed by atoms with Gasteiger partial charge in [-0.3, -0.25) is 9.78 Å². The zero-order valence-electron chi connectivity index (χ0n) is 15.0. The molecule has 1 aromatic heterocycles. The third-order valence-electron chi connectivity index (χ3n) is 4.49. The van der Waals surface area contributed by atoms with Gasteiger partial charge >= 0.3 is 6.18 Å². The number of benzene rings is 2. The van der Waals surface area contributed by atoms with E-state index in [9.17, 15) is 18.0 Å². The second-order valence-electron chi connectivity index (χ2n) is 6.34. The van der Waals surface area contributed by atoms with Crippen molar-refractivity contribution >= 4 is 5.91 Å². The predicted octanol–water partition coefficient (Wildman–Crippen LogP) is 5.05. The Hall–Kier alpha value is -3.15. The van der Waals surface area contributed by atoms with Crippen LogP contribution in [0.25, 0.3) is 0 Å². The van der Waals surface area contributed by atoms with Crippen molar-refractivity contribution in [2.75, 3.05) is 6.54 Å². The average Bonchev–Trinajstić information content (AvgIpc) is 2.72.